The number of para-hydroxylation sites is 1. The summed E-state index contributed by atoms with van der Waals surface area (Å²) in [4.78, 5) is 25.8. The number of rotatable bonds is 6. The molecule has 7 nitrogen and oxygen atoms in total. The molecule has 0 atom stereocenters. The Labute approximate surface area is 140 Å². The van der Waals surface area contributed by atoms with Crippen LogP contribution in [0.3, 0.4) is 0 Å². The maximum Gasteiger partial charge on any atom is 0.322 e. The van der Waals surface area contributed by atoms with Crippen molar-refractivity contribution in [2.24, 2.45) is 0 Å². The lowest BCUT2D eigenvalue weighted by atomic mass is 10.2. The third-order valence-corrected chi connectivity index (χ3v) is 3.25. The van der Waals surface area contributed by atoms with Crippen LogP contribution in [0.15, 0.2) is 47.5 Å². The van der Waals surface area contributed by atoms with Crippen LogP contribution in [0.1, 0.15) is 11.3 Å². The van der Waals surface area contributed by atoms with E-state index in [1.54, 1.807) is 25.1 Å². The van der Waals surface area contributed by atoms with Gasteiger partial charge in [-0.05, 0) is 25.5 Å². The summed E-state index contributed by atoms with van der Waals surface area (Å²) >= 11 is 0. The highest BCUT2D eigenvalue weighted by molar-refractivity contribution is 5.96. The number of benzene rings is 1. The monoisotopic (exact) mass is 328 g/mol. The molecule has 7 heteroatoms. The van der Waals surface area contributed by atoms with Crippen LogP contribution >= 0.6 is 0 Å². The summed E-state index contributed by atoms with van der Waals surface area (Å²) in [5.74, 6) is 0.533. The third kappa shape index (κ3) is 4.70. The van der Waals surface area contributed by atoms with Crippen molar-refractivity contribution in [2.75, 3.05) is 23.7 Å². The first-order chi connectivity index (χ1) is 11.5. The van der Waals surface area contributed by atoms with E-state index in [-0.39, 0.29) is 25.0 Å². The van der Waals surface area contributed by atoms with E-state index in [0.29, 0.717) is 17.3 Å². The van der Waals surface area contributed by atoms with Crippen LogP contribution in [0.2, 0.25) is 0 Å². The minimum atomic E-state index is -0.379. The number of carbonyl (C=O) groups is 2. The highest BCUT2D eigenvalue weighted by Gasteiger charge is 2.17. The van der Waals surface area contributed by atoms with Crippen molar-refractivity contribution < 1.29 is 14.1 Å². The fourth-order valence-electron chi connectivity index (χ4n) is 2.06. The summed E-state index contributed by atoms with van der Waals surface area (Å²) in [6.07, 6.45) is 1.56. The fraction of sp³-hybridized carbons (Fsp3) is 0.235. The van der Waals surface area contributed by atoms with E-state index in [9.17, 15) is 9.59 Å². The fourth-order valence-corrected chi connectivity index (χ4v) is 2.06. The van der Waals surface area contributed by atoms with E-state index in [2.05, 4.69) is 22.4 Å². The molecule has 1 aromatic carbocycles. The largest absolute Gasteiger partial charge is 0.360 e. The number of nitrogens with zero attached hydrogens (tertiary/aromatic N) is 2. The third-order valence-electron chi connectivity index (χ3n) is 3.25. The van der Waals surface area contributed by atoms with E-state index in [4.69, 9.17) is 4.52 Å². The maximum atomic E-state index is 12.4. The molecule has 0 bridgehead atoms. The summed E-state index contributed by atoms with van der Waals surface area (Å²) in [7, 11) is 0. The average molecular weight is 328 g/mol. The number of aryl methyl sites for hydroxylation is 2. The summed E-state index contributed by atoms with van der Waals surface area (Å²) < 4.78 is 4.88. The van der Waals surface area contributed by atoms with Gasteiger partial charge in [-0.2, -0.15) is 0 Å². The number of carbonyl (C=O) groups excluding carboxylic acids is 2. The lowest BCUT2D eigenvalue weighted by Crippen LogP contribution is -2.40. The zero-order chi connectivity index (χ0) is 17.5. The summed E-state index contributed by atoms with van der Waals surface area (Å²) in [5, 5.41) is 9.06. The van der Waals surface area contributed by atoms with Gasteiger partial charge in [0.2, 0.25) is 5.91 Å². The maximum absolute atomic E-state index is 12.4. The number of aromatic nitrogens is 1. The smallest absolute Gasteiger partial charge is 0.322 e. The van der Waals surface area contributed by atoms with Gasteiger partial charge < -0.3 is 20.1 Å². The summed E-state index contributed by atoms with van der Waals surface area (Å²) in [6, 6.07) is 8.64. The summed E-state index contributed by atoms with van der Waals surface area (Å²) in [6.45, 7) is 7.35. The highest BCUT2D eigenvalue weighted by atomic mass is 16.5. The Morgan fingerprint density at radius 3 is 2.67 bits per heavy atom. The molecule has 3 amide bonds. The molecule has 2 rings (SSSR count). The Balaban J connectivity index is 1.99. The lowest BCUT2D eigenvalue weighted by Gasteiger charge is -2.21. The Kier molecular flexibility index (Phi) is 5.73. The molecule has 0 radical (unpaired) electrons. The summed E-state index contributed by atoms with van der Waals surface area (Å²) in [5.41, 5.74) is 1.64. The second-order valence-electron chi connectivity index (χ2n) is 5.29. The van der Waals surface area contributed by atoms with Gasteiger partial charge in [0.25, 0.3) is 0 Å². The molecule has 0 saturated carbocycles. The van der Waals surface area contributed by atoms with Crippen LogP contribution in [0, 0.1) is 13.8 Å². The van der Waals surface area contributed by atoms with Gasteiger partial charge in [0.05, 0.1) is 0 Å². The van der Waals surface area contributed by atoms with Crippen molar-refractivity contribution in [2.45, 2.75) is 13.8 Å². The first-order valence-electron chi connectivity index (χ1n) is 7.45. The minimum Gasteiger partial charge on any atom is -0.360 e. The molecular weight excluding hydrogens is 308 g/mol. The Bertz CT molecular complexity index is 739. The molecule has 0 unspecified atom stereocenters. The van der Waals surface area contributed by atoms with E-state index in [0.717, 1.165) is 5.56 Å². The Morgan fingerprint density at radius 1 is 1.29 bits per heavy atom. The van der Waals surface area contributed by atoms with Crippen molar-refractivity contribution in [1.82, 2.24) is 10.1 Å². The molecule has 1 heterocycles. The van der Waals surface area contributed by atoms with Gasteiger partial charge in [0, 0.05) is 18.3 Å². The van der Waals surface area contributed by atoms with Gasteiger partial charge in [0.15, 0.2) is 5.82 Å². The van der Waals surface area contributed by atoms with Crippen LogP contribution in [0.5, 0.6) is 0 Å². The standard InChI is InChI=1S/C17H20N4O3/c1-4-9-21(11-16(22)19-15-10-13(3)24-20-15)17(23)18-14-8-6-5-7-12(14)2/h4-8,10H,1,9,11H2,2-3H3,(H,18,23)(H,19,20,22). The van der Waals surface area contributed by atoms with Gasteiger partial charge in [-0.25, -0.2) is 4.79 Å². The molecule has 0 aliphatic heterocycles. The van der Waals surface area contributed by atoms with Crippen molar-refractivity contribution in [3.05, 3.63) is 54.3 Å². The second-order valence-corrected chi connectivity index (χ2v) is 5.29. The van der Waals surface area contributed by atoms with Gasteiger partial charge in [-0.15, -0.1) is 6.58 Å². The Morgan fingerprint density at radius 2 is 2.04 bits per heavy atom. The molecule has 126 valence electrons. The molecule has 2 aromatic rings. The van der Waals surface area contributed by atoms with E-state index >= 15 is 0 Å². The van der Waals surface area contributed by atoms with Gasteiger partial charge >= 0.3 is 6.03 Å². The number of amides is 3. The average Bonchev–Trinajstić information content (AvgIpc) is 2.94. The first-order valence-corrected chi connectivity index (χ1v) is 7.45. The van der Waals surface area contributed by atoms with E-state index in [1.165, 1.54) is 4.90 Å². The lowest BCUT2D eigenvalue weighted by molar-refractivity contribution is -0.116. The molecule has 2 N–H and O–H groups in total. The van der Waals surface area contributed by atoms with Crippen molar-refractivity contribution in [3.63, 3.8) is 0 Å². The molecule has 0 aliphatic rings. The van der Waals surface area contributed by atoms with Crippen LogP contribution in [-0.4, -0.2) is 35.1 Å². The molecular formula is C17H20N4O3. The normalized spacial score (nSPS) is 10.1. The molecule has 0 spiro atoms. The first kappa shape index (κ1) is 17.3. The quantitative estimate of drug-likeness (QED) is 0.798. The van der Waals surface area contributed by atoms with Gasteiger partial charge in [-0.3, -0.25) is 4.79 Å². The van der Waals surface area contributed by atoms with Crippen LogP contribution < -0.4 is 10.6 Å². The number of anilines is 2. The number of nitrogens with one attached hydrogen (secondary N) is 2. The molecule has 0 fully saturated rings. The van der Waals surface area contributed by atoms with Gasteiger partial charge in [-0.1, -0.05) is 29.4 Å². The second kappa shape index (κ2) is 7.96. The van der Waals surface area contributed by atoms with Crippen molar-refractivity contribution in [1.29, 1.82) is 0 Å². The predicted molar refractivity (Wildman–Crippen MR) is 91.8 cm³/mol. The number of hydrogen-bond acceptors (Lipinski definition) is 4. The zero-order valence-electron chi connectivity index (χ0n) is 13.7. The SMILES string of the molecule is C=CCN(CC(=O)Nc1cc(C)on1)C(=O)Nc1ccccc1C. The van der Waals surface area contributed by atoms with Crippen molar-refractivity contribution >= 4 is 23.4 Å². The topological polar surface area (TPSA) is 87.5 Å². The van der Waals surface area contributed by atoms with E-state index in [1.807, 2.05) is 25.1 Å². The molecule has 1 aromatic heterocycles. The Hall–Kier alpha value is -3.09. The van der Waals surface area contributed by atoms with Crippen molar-refractivity contribution in [3.8, 4) is 0 Å². The van der Waals surface area contributed by atoms with Crippen LogP contribution in [0.4, 0.5) is 16.3 Å². The van der Waals surface area contributed by atoms with Gasteiger partial charge in [0.1, 0.15) is 12.3 Å². The zero-order valence-corrected chi connectivity index (χ0v) is 13.7. The van der Waals surface area contributed by atoms with Crippen LogP contribution in [-0.2, 0) is 4.79 Å². The van der Waals surface area contributed by atoms with E-state index < -0.39 is 0 Å². The molecule has 0 saturated heterocycles. The number of urea groups is 1. The number of hydrogen-bond donors (Lipinski definition) is 2. The van der Waals surface area contributed by atoms with Crippen LogP contribution in [0.25, 0.3) is 0 Å². The highest BCUT2D eigenvalue weighted by Crippen LogP contribution is 2.14. The minimum absolute atomic E-state index is 0.129. The predicted octanol–water partition coefficient (Wildman–Crippen LogP) is 2.95. The molecule has 0 aliphatic carbocycles. The molecule has 24 heavy (non-hydrogen) atoms.